The van der Waals surface area contributed by atoms with Crippen molar-refractivity contribution in [2.24, 2.45) is 0 Å². The van der Waals surface area contributed by atoms with Gasteiger partial charge in [0, 0.05) is 5.56 Å². The lowest BCUT2D eigenvalue weighted by Crippen LogP contribution is -2.21. The molecule has 15 heavy (non-hydrogen) atoms. The van der Waals surface area contributed by atoms with Gasteiger partial charge in [-0.05, 0) is 19.0 Å². The molecule has 1 unspecified atom stereocenters. The first kappa shape index (κ1) is 11.6. The van der Waals surface area contributed by atoms with Crippen LogP contribution in [0.1, 0.15) is 24.9 Å². The van der Waals surface area contributed by atoms with E-state index in [0.717, 1.165) is 12.5 Å². The van der Waals surface area contributed by atoms with E-state index in [1.165, 1.54) is 12.1 Å². The van der Waals surface area contributed by atoms with E-state index in [4.69, 9.17) is 5.26 Å². The quantitative estimate of drug-likeness (QED) is 0.828. The van der Waals surface area contributed by atoms with Gasteiger partial charge in [-0.15, -0.1) is 0 Å². The molecule has 0 aliphatic carbocycles. The van der Waals surface area contributed by atoms with Crippen molar-refractivity contribution in [1.29, 1.82) is 5.26 Å². The molecule has 0 saturated heterocycles. The SMILES string of the molecule is CCCNC(C#N)c1cccc(F)c1F. The zero-order valence-electron chi connectivity index (χ0n) is 8.43. The van der Waals surface area contributed by atoms with Crippen LogP contribution >= 0.6 is 0 Å². The number of nitriles is 1. The van der Waals surface area contributed by atoms with Gasteiger partial charge in [-0.25, -0.2) is 8.78 Å². The molecule has 80 valence electrons. The highest BCUT2D eigenvalue weighted by molar-refractivity contribution is 5.26. The molecule has 0 heterocycles. The maximum absolute atomic E-state index is 13.3. The van der Waals surface area contributed by atoms with Crippen LogP contribution < -0.4 is 5.32 Å². The fourth-order valence-electron chi connectivity index (χ4n) is 1.26. The predicted octanol–water partition coefficient (Wildman–Crippen LogP) is 2.53. The Kier molecular flexibility index (Phi) is 4.19. The van der Waals surface area contributed by atoms with E-state index in [9.17, 15) is 8.78 Å². The van der Waals surface area contributed by atoms with Gasteiger partial charge in [0.2, 0.25) is 0 Å². The summed E-state index contributed by atoms with van der Waals surface area (Å²) in [5.74, 6) is -1.88. The third-order valence-electron chi connectivity index (χ3n) is 2.02. The molecule has 0 radical (unpaired) electrons. The number of hydrogen-bond donors (Lipinski definition) is 1. The number of benzene rings is 1. The minimum atomic E-state index is -0.951. The van der Waals surface area contributed by atoms with E-state index >= 15 is 0 Å². The summed E-state index contributed by atoms with van der Waals surface area (Å²) in [6.07, 6.45) is 0.828. The van der Waals surface area contributed by atoms with Crippen LogP contribution in [0.25, 0.3) is 0 Å². The lowest BCUT2D eigenvalue weighted by atomic mass is 10.1. The van der Waals surface area contributed by atoms with Gasteiger partial charge in [-0.2, -0.15) is 5.26 Å². The molecule has 2 nitrogen and oxygen atoms in total. The Morgan fingerprint density at radius 3 is 2.80 bits per heavy atom. The molecule has 0 spiro atoms. The van der Waals surface area contributed by atoms with Crippen molar-refractivity contribution in [3.8, 4) is 6.07 Å². The predicted molar refractivity (Wildman–Crippen MR) is 53.0 cm³/mol. The molecular weight excluding hydrogens is 198 g/mol. The summed E-state index contributed by atoms with van der Waals surface area (Å²) in [6.45, 7) is 2.53. The zero-order valence-corrected chi connectivity index (χ0v) is 8.43. The van der Waals surface area contributed by atoms with Crippen LogP contribution in [-0.2, 0) is 0 Å². The number of hydrogen-bond acceptors (Lipinski definition) is 2. The third-order valence-corrected chi connectivity index (χ3v) is 2.02. The summed E-state index contributed by atoms with van der Waals surface area (Å²) in [6, 6.07) is 4.95. The molecule has 1 aromatic carbocycles. The van der Waals surface area contributed by atoms with Crippen molar-refractivity contribution in [2.45, 2.75) is 19.4 Å². The van der Waals surface area contributed by atoms with Crippen molar-refractivity contribution < 1.29 is 8.78 Å². The van der Waals surface area contributed by atoms with Crippen molar-refractivity contribution >= 4 is 0 Å². The number of halogens is 2. The fraction of sp³-hybridized carbons (Fsp3) is 0.364. The Hall–Kier alpha value is -1.47. The summed E-state index contributed by atoms with van der Waals surface area (Å²) >= 11 is 0. The van der Waals surface area contributed by atoms with Crippen LogP contribution in [0, 0.1) is 23.0 Å². The normalized spacial score (nSPS) is 12.1. The maximum atomic E-state index is 13.3. The average Bonchev–Trinajstić information content (AvgIpc) is 2.25. The van der Waals surface area contributed by atoms with Crippen LogP contribution in [0.4, 0.5) is 8.78 Å². The summed E-state index contributed by atoms with van der Waals surface area (Å²) < 4.78 is 26.2. The molecule has 4 heteroatoms. The molecule has 1 rings (SSSR count). The minimum absolute atomic E-state index is 0.0611. The molecule has 0 saturated carbocycles. The van der Waals surface area contributed by atoms with Crippen LogP contribution in [0.2, 0.25) is 0 Å². The number of nitrogens with one attached hydrogen (secondary N) is 1. The Balaban J connectivity index is 2.93. The average molecular weight is 210 g/mol. The lowest BCUT2D eigenvalue weighted by Gasteiger charge is -2.11. The first-order valence-electron chi connectivity index (χ1n) is 4.77. The topological polar surface area (TPSA) is 35.8 Å². The Bertz CT molecular complexity index is 371. The molecule has 1 N–H and O–H groups in total. The van der Waals surface area contributed by atoms with Gasteiger partial charge < -0.3 is 0 Å². The molecule has 0 bridgehead atoms. The Morgan fingerprint density at radius 1 is 1.47 bits per heavy atom. The third kappa shape index (κ3) is 2.74. The Labute approximate surface area is 87.5 Å². The van der Waals surface area contributed by atoms with Gasteiger partial charge in [-0.1, -0.05) is 19.1 Å². The molecular formula is C11H12F2N2. The summed E-state index contributed by atoms with van der Waals surface area (Å²) in [5.41, 5.74) is 0.0611. The second-order valence-electron chi connectivity index (χ2n) is 3.16. The van der Waals surface area contributed by atoms with Crippen molar-refractivity contribution in [3.63, 3.8) is 0 Å². The first-order valence-corrected chi connectivity index (χ1v) is 4.77. The maximum Gasteiger partial charge on any atom is 0.164 e. The molecule has 0 aliphatic rings. The monoisotopic (exact) mass is 210 g/mol. The van der Waals surface area contributed by atoms with Crippen LogP contribution in [0.5, 0.6) is 0 Å². The van der Waals surface area contributed by atoms with Gasteiger partial charge in [0.05, 0.1) is 6.07 Å². The Morgan fingerprint density at radius 2 is 2.20 bits per heavy atom. The van der Waals surface area contributed by atoms with E-state index in [1.54, 1.807) is 0 Å². The zero-order chi connectivity index (χ0) is 11.3. The molecule has 0 aromatic heterocycles. The summed E-state index contributed by atoms with van der Waals surface area (Å²) in [7, 11) is 0. The molecule has 0 amide bonds. The van der Waals surface area contributed by atoms with Crippen molar-refractivity contribution in [2.75, 3.05) is 6.54 Å². The van der Waals surface area contributed by atoms with Gasteiger partial charge in [0.1, 0.15) is 6.04 Å². The van der Waals surface area contributed by atoms with E-state index < -0.39 is 17.7 Å². The van der Waals surface area contributed by atoms with E-state index in [-0.39, 0.29) is 5.56 Å². The molecule has 0 fully saturated rings. The lowest BCUT2D eigenvalue weighted by molar-refractivity contribution is 0.485. The highest BCUT2D eigenvalue weighted by Gasteiger charge is 2.16. The largest absolute Gasteiger partial charge is 0.298 e. The first-order chi connectivity index (χ1) is 7.20. The van der Waals surface area contributed by atoms with Crippen LogP contribution in [0.3, 0.4) is 0 Å². The van der Waals surface area contributed by atoms with Crippen LogP contribution in [-0.4, -0.2) is 6.54 Å². The highest BCUT2D eigenvalue weighted by Crippen LogP contribution is 2.18. The van der Waals surface area contributed by atoms with E-state index in [0.29, 0.717) is 6.54 Å². The van der Waals surface area contributed by atoms with Crippen molar-refractivity contribution in [3.05, 3.63) is 35.4 Å². The van der Waals surface area contributed by atoms with Crippen LogP contribution in [0.15, 0.2) is 18.2 Å². The van der Waals surface area contributed by atoms with Gasteiger partial charge >= 0.3 is 0 Å². The van der Waals surface area contributed by atoms with E-state index in [2.05, 4.69) is 5.32 Å². The minimum Gasteiger partial charge on any atom is -0.298 e. The summed E-state index contributed by atoms with van der Waals surface area (Å²) in [4.78, 5) is 0. The van der Waals surface area contributed by atoms with Gasteiger partial charge in [0.15, 0.2) is 11.6 Å². The smallest absolute Gasteiger partial charge is 0.164 e. The standard InChI is InChI=1S/C11H12F2N2/c1-2-6-15-10(7-14)8-4-3-5-9(12)11(8)13/h3-5,10,15H,2,6H2,1H3. The second kappa shape index (κ2) is 5.42. The van der Waals surface area contributed by atoms with Gasteiger partial charge in [-0.3, -0.25) is 5.32 Å². The van der Waals surface area contributed by atoms with Crippen molar-refractivity contribution in [1.82, 2.24) is 5.32 Å². The highest BCUT2D eigenvalue weighted by atomic mass is 19.2. The van der Waals surface area contributed by atoms with Gasteiger partial charge in [0.25, 0.3) is 0 Å². The molecule has 1 atom stereocenters. The summed E-state index contributed by atoms with van der Waals surface area (Å²) in [5, 5.41) is 11.7. The fourth-order valence-corrected chi connectivity index (χ4v) is 1.26. The number of nitrogens with zero attached hydrogens (tertiary/aromatic N) is 1. The van der Waals surface area contributed by atoms with E-state index in [1.807, 2.05) is 13.0 Å². The number of rotatable bonds is 4. The molecule has 0 aliphatic heterocycles. The second-order valence-corrected chi connectivity index (χ2v) is 3.16. The molecule has 1 aromatic rings.